The predicted molar refractivity (Wildman–Crippen MR) is 157 cm³/mol. The SMILES string of the molecule is O=C=NCCCCCCNC(=O)N(CCCCCCNC(=O)C1COC(=O)O1)C(=O)NCCCCCCNC(=O)C(O)CO. The molecule has 16 nitrogen and oxygen atoms in total. The van der Waals surface area contributed by atoms with Crippen LogP contribution in [0.5, 0.6) is 0 Å². The van der Waals surface area contributed by atoms with Crippen LogP contribution in [-0.4, -0.2) is 116 Å². The third-order valence-corrected chi connectivity index (χ3v) is 6.67. The molecule has 0 radical (unpaired) electrons. The first-order valence-corrected chi connectivity index (χ1v) is 15.3. The number of amides is 6. The summed E-state index contributed by atoms with van der Waals surface area (Å²) in [6.45, 7) is 1.50. The number of carbonyl (C=O) groups is 5. The Morgan fingerprint density at radius 2 is 1.34 bits per heavy atom. The van der Waals surface area contributed by atoms with Gasteiger partial charge in [-0.1, -0.05) is 38.5 Å². The summed E-state index contributed by atoms with van der Waals surface area (Å²) >= 11 is 0. The molecule has 1 saturated heterocycles. The third-order valence-electron chi connectivity index (χ3n) is 6.67. The minimum atomic E-state index is -1.42. The maximum Gasteiger partial charge on any atom is 0.509 e. The van der Waals surface area contributed by atoms with E-state index in [-0.39, 0.29) is 13.2 Å². The number of hydrogen-bond donors (Lipinski definition) is 6. The molecule has 0 aromatic rings. The molecule has 2 atom stereocenters. The number of isocyanates is 1. The lowest BCUT2D eigenvalue weighted by atomic mass is 10.2. The number of unbranched alkanes of at least 4 members (excludes halogenated alkanes) is 9. The van der Waals surface area contributed by atoms with E-state index >= 15 is 0 Å². The molecular formula is C28H48N6O10. The fourth-order valence-electron chi connectivity index (χ4n) is 4.14. The Bertz CT molecular complexity index is 931. The summed E-state index contributed by atoms with van der Waals surface area (Å²) < 4.78 is 9.32. The molecule has 44 heavy (non-hydrogen) atoms. The average molecular weight is 629 g/mol. The van der Waals surface area contributed by atoms with Gasteiger partial charge in [-0.2, -0.15) is 0 Å². The number of nitrogens with zero attached hydrogens (tertiary/aromatic N) is 2. The molecule has 0 aliphatic carbocycles. The van der Waals surface area contributed by atoms with E-state index in [1.807, 2.05) is 0 Å². The summed E-state index contributed by atoms with van der Waals surface area (Å²) in [4.78, 5) is 74.7. The van der Waals surface area contributed by atoms with Crippen molar-refractivity contribution in [3.8, 4) is 0 Å². The Morgan fingerprint density at radius 3 is 1.86 bits per heavy atom. The molecule has 6 amide bonds. The van der Waals surface area contributed by atoms with Gasteiger partial charge < -0.3 is 41.0 Å². The van der Waals surface area contributed by atoms with E-state index in [9.17, 15) is 33.9 Å². The molecule has 6 N–H and O–H groups in total. The Kier molecular flexibility index (Phi) is 21.5. The lowest BCUT2D eigenvalue weighted by Gasteiger charge is -2.22. The van der Waals surface area contributed by atoms with Crippen molar-refractivity contribution in [2.45, 2.75) is 89.3 Å². The highest BCUT2D eigenvalue weighted by Crippen LogP contribution is 2.07. The van der Waals surface area contributed by atoms with Gasteiger partial charge in [-0.3, -0.25) is 9.59 Å². The molecule has 0 aromatic carbocycles. The van der Waals surface area contributed by atoms with Crippen LogP contribution in [0.2, 0.25) is 0 Å². The summed E-state index contributed by atoms with van der Waals surface area (Å²) in [6.07, 6.45) is 7.18. The molecule has 1 rings (SSSR count). The zero-order valence-corrected chi connectivity index (χ0v) is 25.4. The van der Waals surface area contributed by atoms with Crippen LogP contribution in [0, 0.1) is 0 Å². The number of ether oxygens (including phenoxy) is 2. The van der Waals surface area contributed by atoms with E-state index < -0.39 is 48.8 Å². The normalized spacial score (nSPS) is 14.4. The summed E-state index contributed by atoms with van der Waals surface area (Å²) in [5, 5.41) is 28.8. The van der Waals surface area contributed by atoms with Gasteiger partial charge in [-0.25, -0.2) is 29.1 Å². The van der Waals surface area contributed by atoms with E-state index in [4.69, 9.17) is 9.84 Å². The van der Waals surface area contributed by atoms with Crippen LogP contribution in [-0.2, 0) is 23.9 Å². The van der Waals surface area contributed by atoms with Crippen molar-refractivity contribution in [1.29, 1.82) is 0 Å². The lowest BCUT2D eigenvalue weighted by molar-refractivity contribution is -0.131. The van der Waals surface area contributed by atoms with Gasteiger partial charge in [0, 0.05) is 32.7 Å². The van der Waals surface area contributed by atoms with Crippen molar-refractivity contribution in [3.63, 3.8) is 0 Å². The van der Waals surface area contributed by atoms with Crippen molar-refractivity contribution in [2.75, 3.05) is 52.5 Å². The number of nitrogens with one attached hydrogen (secondary N) is 4. The van der Waals surface area contributed by atoms with Gasteiger partial charge in [-0.05, 0) is 38.5 Å². The number of cyclic esters (lactones) is 2. The highest BCUT2D eigenvalue weighted by Gasteiger charge is 2.31. The Balaban J connectivity index is 2.34. The van der Waals surface area contributed by atoms with Crippen LogP contribution >= 0.6 is 0 Å². The highest BCUT2D eigenvalue weighted by atomic mass is 16.8. The van der Waals surface area contributed by atoms with E-state index in [0.29, 0.717) is 58.4 Å². The summed E-state index contributed by atoms with van der Waals surface area (Å²) in [6, 6.07) is -0.963. The number of hydrogen-bond acceptors (Lipinski definition) is 11. The smallest absolute Gasteiger partial charge is 0.430 e. The van der Waals surface area contributed by atoms with Crippen molar-refractivity contribution in [3.05, 3.63) is 0 Å². The number of aliphatic hydroxyl groups excluding tert-OH is 2. The number of carbonyl (C=O) groups excluding carboxylic acids is 6. The average Bonchev–Trinajstić information content (AvgIpc) is 3.46. The van der Waals surface area contributed by atoms with Crippen LogP contribution in [0.1, 0.15) is 77.0 Å². The molecule has 0 bridgehead atoms. The van der Waals surface area contributed by atoms with Gasteiger partial charge in [0.2, 0.25) is 12.2 Å². The van der Waals surface area contributed by atoms with Gasteiger partial charge in [0.1, 0.15) is 6.61 Å². The Labute approximate surface area is 257 Å². The zero-order chi connectivity index (χ0) is 32.4. The van der Waals surface area contributed by atoms with E-state index in [1.54, 1.807) is 0 Å². The summed E-state index contributed by atoms with van der Waals surface area (Å²) in [7, 11) is 0. The largest absolute Gasteiger partial charge is 0.509 e. The molecular weight excluding hydrogens is 580 g/mol. The van der Waals surface area contributed by atoms with Gasteiger partial charge in [0.25, 0.3) is 11.8 Å². The topological polar surface area (TPSA) is 225 Å². The molecule has 1 aliphatic heterocycles. The van der Waals surface area contributed by atoms with Gasteiger partial charge in [0.05, 0.1) is 13.2 Å². The minimum absolute atomic E-state index is 0.0986. The Hall–Kier alpha value is -3.75. The van der Waals surface area contributed by atoms with Gasteiger partial charge in [-0.15, -0.1) is 0 Å². The van der Waals surface area contributed by atoms with Crippen LogP contribution in [0.3, 0.4) is 0 Å². The highest BCUT2D eigenvalue weighted by molar-refractivity contribution is 5.93. The third kappa shape index (κ3) is 18.0. The van der Waals surface area contributed by atoms with Crippen molar-refractivity contribution < 1.29 is 48.5 Å². The number of urea groups is 2. The lowest BCUT2D eigenvalue weighted by Crippen LogP contribution is -2.49. The maximum atomic E-state index is 12.8. The van der Waals surface area contributed by atoms with Crippen molar-refractivity contribution in [1.82, 2.24) is 26.2 Å². The van der Waals surface area contributed by atoms with Crippen LogP contribution in [0.25, 0.3) is 0 Å². The van der Waals surface area contributed by atoms with Crippen molar-refractivity contribution in [2.24, 2.45) is 4.99 Å². The minimum Gasteiger partial charge on any atom is -0.430 e. The molecule has 16 heteroatoms. The number of aliphatic hydroxyl groups is 2. The molecule has 0 aromatic heterocycles. The molecule has 1 heterocycles. The quantitative estimate of drug-likeness (QED) is 0.0382. The molecule has 0 spiro atoms. The van der Waals surface area contributed by atoms with Crippen LogP contribution in [0.4, 0.5) is 14.4 Å². The first-order valence-electron chi connectivity index (χ1n) is 15.3. The summed E-state index contributed by atoms with van der Waals surface area (Å²) in [5.41, 5.74) is 0. The first kappa shape index (κ1) is 38.3. The maximum absolute atomic E-state index is 12.8. The van der Waals surface area contributed by atoms with E-state index in [0.717, 1.165) is 56.3 Å². The second-order valence-electron chi connectivity index (χ2n) is 10.3. The molecule has 0 saturated carbocycles. The number of rotatable bonds is 24. The number of aliphatic imine (C=N–C) groups is 1. The van der Waals surface area contributed by atoms with Gasteiger partial charge >= 0.3 is 18.2 Å². The zero-order valence-electron chi connectivity index (χ0n) is 25.4. The number of imide groups is 1. The van der Waals surface area contributed by atoms with Crippen LogP contribution in [0.15, 0.2) is 4.99 Å². The monoisotopic (exact) mass is 628 g/mol. The molecule has 2 unspecified atom stereocenters. The second kappa shape index (κ2) is 24.7. The first-order chi connectivity index (χ1) is 21.3. The molecule has 1 aliphatic rings. The van der Waals surface area contributed by atoms with Crippen molar-refractivity contribution >= 4 is 36.1 Å². The predicted octanol–water partition coefficient (Wildman–Crippen LogP) is 0.846. The standard InChI is InChI=1S/C28H48N6O10/c35-19-22(37)24(38)30-14-8-3-4-11-17-33-27(41)34(26(40)32-16-10-2-1-7-13-29-21-36)18-12-6-5-9-15-31-25(39)23-20-43-28(42)44-23/h22-23,35,37H,1-20H2,(H,30,38)(H,31,39)(H,32,40)(H,33,41). The summed E-state index contributed by atoms with van der Waals surface area (Å²) in [5.74, 6) is -1.02. The van der Waals surface area contributed by atoms with Gasteiger partial charge in [0.15, 0.2) is 6.10 Å². The molecule has 1 fully saturated rings. The fraction of sp³-hybridized carbons (Fsp3) is 0.786. The molecule has 250 valence electrons. The second-order valence-corrected chi connectivity index (χ2v) is 10.3. The van der Waals surface area contributed by atoms with E-state index in [2.05, 4.69) is 31.0 Å². The fourth-order valence-corrected chi connectivity index (χ4v) is 4.14. The Morgan fingerprint density at radius 1 is 0.818 bits per heavy atom. The van der Waals surface area contributed by atoms with Crippen LogP contribution < -0.4 is 21.3 Å². The van der Waals surface area contributed by atoms with E-state index in [1.165, 1.54) is 6.08 Å².